The molecule has 16 heavy (non-hydrogen) atoms. The zero-order valence-corrected chi connectivity index (χ0v) is 10.9. The van der Waals surface area contributed by atoms with Gasteiger partial charge in [-0.3, -0.25) is 0 Å². The quantitative estimate of drug-likeness (QED) is 0.737. The maximum atomic E-state index is 3.60. The summed E-state index contributed by atoms with van der Waals surface area (Å²) in [6.45, 7) is 7.77. The van der Waals surface area contributed by atoms with E-state index in [1.165, 1.54) is 36.8 Å². The Hall–Kier alpha value is -0.820. The molecule has 0 bridgehead atoms. The SMILES string of the molecule is CCCNC(CC)CCc1ccc(C)cc1. The molecule has 0 saturated heterocycles. The molecule has 1 N–H and O–H groups in total. The van der Waals surface area contributed by atoms with Crippen molar-refractivity contribution in [3.8, 4) is 0 Å². The molecule has 1 atom stereocenters. The molecule has 0 fully saturated rings. The molecule has 90 valence electrons. The predicted molar refractivity (Wildman–Crippen MR) is 71.9 cm³/mol. The summed E-state index contributed by atoms with van der Waals surface area (Å²) in [7, 11) is 0. The van der Waals surface area contributed by atoms with Gasteiger partial charge in [0.15, 0.2) is 0 Å². The van der Waals surface area contributed by atoms with Crippen LogP contribution in [0.4, 0.5) is 0 Å². The fourth-order valence-electron chi connectivity index (χ4n) is 1.89. The lowest BCUT2D eigenvalue weighted by molar-refractivity contribution is 0.468. The third-order valence-electron chi connectivity index (χ3n) is 3.08. The van der Waals surface area contributed by atoms with E-state index in [1.54, 1.807) is 0 Å². The Morgan fingerprint density at radius 3 is 2.38 bits per heavy atom. The van der Waals surface area contributed by atoms with Gasteiger partial charge in [-0.15, -0.1) is 0 Å². The number of hydrogen-bond donors (Lipinski definition) is 1. The molecule has 0 saturated carbocycles. The van der Waals surface area contributed by atoms with Gasteiger partial charge in [-0.25, -0.2) is 0 Å². The van der Waals surface area contributed by atoms with E-state index >= 15 is 0 Å². The van der Waals surface area contributed by atoms with E-state index in [4.69, 9.17) is 0 Å². The predicted octanol–water partition coefficient (Wildman–Crippen LogP) is 3.71. The highest BCUT2D eigenvalue weighted by atomic mass is 14.9. The first-order valence-electron chi connectivity index (χ1n) is 6.55. The third kappa shape index (κ3) is 4.80. The Morgan fingerprint density at radius 1 is 1.12 bits per heavy atom. The molecule has 1 heteroatoms. The molecule has 0 heterocycles. The van der Waals surface area contributed by atoms with Crippen LogP contribution in [0.5, 0.6) is 0 Å². The van der Waals surface area contributed by atoms with Gasteiger partial charge in [-0.1, -0.05) is 43.7 Å². The van der Waals surface area contributed by atoms with E-state index in [9.17, 15) is 0 Å². The fourth-order valence-corrected chi connectivity index (χ4v) is 1.89. The van der Waals surface area contributed by atoms with E-state index in [2.05, 4.69) is 50.4 Å². The van der Waals surface area contributed by atoms with Gasteiger partial charge in [0, 0.05) is 6.04 Å². The Kier molecular flexibility index (Phi) is 6.17. The molecule has 0 radical (unpaired) electrons. The van der Waals surface area contributed by atoms with Crippen LogP contribution < -0.4 is 5.32 Å². The van der Waals surface area contributed by atoms with Crippen LogP contribution in [0.25, 0.3) is 0 Å². The summed E-state index contributed by atoms with van der Waals surface area (Å²) in [4.78, 5) is 0. The van der Waals surface area contributed by atoms with E-state index in [1.807, 2.05) is 0 Å². The minimum atomic E-state index is 0.682. The number of aryl methyl sites for hydroxylation is 2. The first-order valence-corrected chi connectivity index (χ1v) is 6.55. The molecule has 1 unspecified atom stereocenters. The van der Waals surface area contributed by atoms with Gasteiger partial charge in [0.05, 0.1) is 0 Å². The smallest absolute Gasteiger partial charge is 0.00676 e. The molecule has 1 nitrogen and oxygen atoms in total. The highest BCUT2D eigenvalue weighted by Gasteiger charge is 2.04. The van der Waals surface area contributed by atoms with Gasteiger partial charge in [-0.05, 0) is 44.7 Å². The van der Waals surface area contributed by atoms with Crippen LogP contribution in [0.3, 0.4) is 0 Å². The summed E-state index contributed by atoms with van der Waals surface area (Å²) in [6.07, 6.45) is 4.89. The standard InChI is InChI=1S/C15H25N/c1-4-12-16-15(5-2)11-10-14-8-6-13(3)7-9-14/h6-9,15-16H,4-5,10-12H2,1-3H3. The van der Waals surface area contributed by atoms with Crippen molar-refractivity contribution >= 4 is 0 Å². The third-order valence-corrected chi connectivity index (χ3v) is 3.08. The molecule has 1 aromatic rings. The van der Waals surface area contributed by atoms with E-state index in [-0.39, 0.29) is 0 Å². The van der Waals surface area contributed by atoms with E-state index in [0.717, 1.165) is 6.54 Å². The van der Waals surface area contributed by atoms with Gasteiger partial charge in [-0.2, -0.15) is 0 Å². The fraction of sp³-hybridized carbons (Fsp3) is 0.600. The summed E-state index contributed by atoms with van der Waals surface area (Å²) in [6, 6.07) is 9.59. The van der Waals surface area contributed by atoms with Crippen molar-refractivity contribution in [1.29, 1.82) is 0 Å². The highest BCUT2D eigenvalue weighted by molar-refractivity contribution is 5.21. The summed E-state index contributed by atoms with van der Waals surface area (Å²) < 4.78 is 0. The lowest BCUT2D eigenvalue weighted by atomic mass is 10.0. The average Bonchev–Trinajstić information content (AvgIpc) is 2.32. The molecule has 0 aliphatic heterocycles. The second kappa shape index (κ2) is 7.45. The van der Waals surface area contributed by atoms with Crippen molar-refractivity contribution in [3.63, 3.8) is 0 Å². The molecule has 0 amide bonds. The summed E-state index contributed by atoms with van der Waals surface area (Å²) >= 11 is 0. The van der Waals surface area contributed by atoms with Crippen LogP contribution in [-0.2, 0) is 6.42 Å². The molecule has 0 spiro atoms. The van der Waals surface area contributed by atoms with E-state index < -0.39 is 0 Å². The lowest BCUT2D eigenvalue weighted by Gasteiger charge is -2.16. The van der Waals surface area contributed by atoms with Crippen LogP contribution in [0.2, 0.25) is 0 Å². The first kappa shape index (κ1) is 13.2. The van der Waals surface area contributed by atoms with Gasteiger partial charge in [0.2, 0.25) is 0 Å². The van der Waals surface area contributed by atoms with Crippen molar-refractivity contribution in [2.45, 2.75) is 52.5 Å². The molecular weight excluding hydrogens is 194 g/mol. The first-order chi connectivity index (χ1) is 7.76. The largest absolute Gasteiger partial charge is 0.314 e. The van der Waals surface area contributed by atoms with Crippen LogP contribution in [0.1, 0.15) is 44.2 Å². The maximum absolute atomic E-state index is 3.60. The minimum Gasteiger partial charge on any atom is -0.314 e. The number of hydrogen-bond acceptors (Lipinski definition) is 1. The Balaban J connectivity index is 2.34. The van der Waals surface area contributed by atoms with Crippen molar-refractivity contribution in [2.75, 3.05) is 6.54 Å². The zero-order chi connectivity index (χ0) is 11.8. The number of benzene rings is 1. The Labute approximate surface area is 100 Å². The summed E-state index contributed by atoms with van der Waals surface area (Å²) in [5.74, 6) is 0. The van der Waals surface area contributed by atoms with Gasteiger partial charge in [0.25, 0.3) is 0 Å². The number of nitrogens with one attached hydrogen (secondary N) is 1. The van der Waals surface area contributed by atoms with Crippen molar-refractivity contribution in [2.24, 2.45) is 0 Å². The molecule has 0 aromatic heterocycles. The highest BCUT2D eigenvalue weighted by Crippen LogP contribution is 2.08. The maximum Gasteiger partial charge on any atom is 0.00676 e. The van der Waals surface area contributed by atoms with Crippen LogP contribution >= 0.6 is 0 Å². The van der Waals surface area contributed by atoms with Gasteiger partial charge < -0.3 is 5.32 Å². The van der Waals surface area contributed by atoms with E-state index in [0.29, 0.717) is 6.04 Å². The second-order valence-electron chi connectivity index (χ2n) is 4.58. The van der Waals surface area contributed by atoms with Crippen LogP contribution in [-0.4, -0.2) is 12.6 Å². The summed E-state index contributed by atoms with van der Waals surface area (Å²) in [5.41, 5.74) is 2.81. The van der Waals surface area contributed by atoms with Crippen LogP contribution in [0.15, 0.2) is 24.3 Å². The average molecular weight is 219 g/mol. The second-order valence-corrected chi connectivity index (χ2v) is 4.58. The van der Waals surface area contributed by atoms with Crippen molar-refractivity contribution < 1.29 is 0 Å². The van der Waals surface area contributed by atoms with Gasteiger partial charge >= 0.3 is 0 Å². The van der Waals surface area contributed by atoms with Gasteiger partial charge in [0.1, 0.15) is 0 Å². The topological polar surface area (TPSA) is 12.0 Å². The Morgan fingerprint density at radius 2 is 1.81 bits per heavy atom. The van der Waals surface area contributed by atoms with Crippen LogP contribution in [0, 0.1) is 6.92 Å². The van der Waals surface area contributed by atoms with Crippen molar-refractivity contribution in [1.82, 2.24) is 5.32 Å². The normalized spacial score (nSPS) is 12.7. The molecule has 0 aliphatic carbocycles. The zero-order valence-electron chi connectivity index (χ0n) is 10.9. The monoisotopic (exact) mass is 219 g/mol. The van der Waals surface area contributed by atoms with Crippen molar-refractivity contribution in [3.05, 3.63) is 35.4 Å². The number of rotatable bonds is 7. The molecular formula is C15H25N. The minimum absolute atomic E-state index is 0.682. The lowest BCUT2D eigenvalue weighted by Crippen LogP contribution is -2.29. The molecule has 0 aliphatic rings. The Bertz CT molecular complexity index is 276. The molecule has 1 rings (SSSR count). The summed E-state index contributed by atoms with van der Waals surface area (Å²) in [5, 5.41) is 3.60. The molecule has 1 aromatic carbocycles.